The van der Waals surface area contributed by atoms with Crippen LogP contribution in [0.4, 0.5) is 10.1 Å². The lowest BCUT2D eigenvalue weighted by Gasteiger charge is -2.20. The molecule has 6 heteroatoms. The summed E-state index contributed by atoms with van der Waals surface area (Å²) in [5, 5.41) is 6.95. The van der Waals surface area contributed by atoms with E-state index < -0.39 is 0 Å². The minimum atomic E-state index is -0.371. The van der Waals surface area contributed by atoms with E-state index in [1.54, 1.807) is 6.07 Å². The van der Waals surface area contributed by atoms with Crippen molar-refractivity contribution in [2.24, 2.45) is 5.92 Å². The van der Waals surface area contributed by atoms with Crippen molar-refractivity contribution in [3.63, 3.8) is 0 Å². The van der Waals surface area contributed by atoms with Crippen LogP contribution in [0.2, 0.25) is 0 Å². The number of amides is 1. The third-order valence-electron chi connectivity index (χ3n) is 4.03. The lowest BCUT2D eigenvalue weighted by molar-refractivity contribution is -0.117. The molecule has 0 bridgehead atoms. The lowest BCUT2D eigenvalue weighted by Crippen LogP contribution is -2.32. The van der Waals surface area contributed by atoms with Crippen molar-refractivity contribution >= 4 is 11.6 Å². The highest BCUT2D eigenvalue weighted by atomic mass is 19.1. The largest absolute Gasteiger partial charge is 0.324 e. The van der Waals surface area contributed by atoms with Crippen LogP contribution in [0.1, 0.15) is 24.6 Å². The van der Waals surface area contributed by atoms with Crippen LogP contribution < -0.4 is 10.9 Å². The standard InChI is InChI=1S/C17H18FN3O2/c1-11-2-7-15-12(8-11)9-17(23)21(20-15)10-16(22)19-14-5-3-13(18)4-6-14/h3-6,9,11H,2,7-8,10H2,1H3,(H,19,22)/t11-/m1/s1. The third kappa shape index (κ3) is 3.64. The summed E-state index contributed by atoms with van der Waals surface area (Å²) in [5.41, 5.74) is 2.10. The molecular formula is C17H18FN3O2. The Morgan fingerprint density at radius 3 is 2.87 bits per heavy atom. The number of anilines is 1. The summed E-state index contributed by atoms with van der Waals surface area (Å²) in [4.78, 5) is 24.1. The van der Waals surface area contributed by atoms with Gasteiger partial charge in [0.25, 0.3) is 5.56 Å². The molecule has 1 atom stereocenters. The molecule has 1 aromatic carbocycles. The van der Waals surface area contributed by atoms with Gasteiger partial charge in [0.15, 0.2) is 0 Å². The zero-order valence-corrected chi connectivity index (χ0v) is 12.9. The number of nitrogens with zero attached hydrogens (tertiary/aromatic N) is 2. The van der Waals surface area contributed by atoms with E-state index in [1.165, 1.54) is 28.9 Å². The minimum absolute atomic E-state index is 0.154. The third-order valence-corrected chi connectivity index (χ3v) is 4.03. The summed E-state index contributed by atoms with van der Waals surface area (Å²) < 4.78 is 14.0. The summed E-state index contributed by atoms with van der Waals surface area (Å²) in [5.74, 6) is -0.179. The van der Waals surface area contributed by atoms with E-state index >= 15 is 0 Å². The highest BCUT2D eigenvalue weighted by molar-refractivity contribution is 5.90. The number of carbonyl (C=O) groups is 1. The van der Waals surface area contributed by atoms with Crippen LogP contribution in [0.15, 0.2) is 35.1 Å². The molecular weight excluding hydrogens is 297 g/mol. The molecule has 23 heavy (non-hydrogen) atoms. The maximum absolute atomic E-state index is 12.8. The van der Waals surface area contributed by atoms with Crippen LogP contribution in [-0.4, -0.2) is 15.7 Å². The molecule has 0 radical (unpaired) electrons. The first-order valence-corrected chi connectivity index (χ1v) is 7.66. The van der Waals surface area contributed by atoms with Gasteiger partial charge in [0.1, 0.15) is 12.4 Å². The molecule has 0 saturated heterocycles. The molecule has 1 amide bonds. The van der Waals surface area contributed by atoms with Crippen molar-refractivity contribution in [1.82, 2.24) is 9.78 Å². The Labute approximate surface area is 133 Å². The van der Waals surface area contributed by atoms with Gasteiger partial charge < -0.3 is 5.32 Å². The van der Waals surface area contributed by atoms with Gasteiger partial charge >= 0.3 is 0 Å². The summed E-state index contributed by atoms with van der Waals surface area (Å²) in [6.45, 7) is 2.00. The highest BCUT2D eigenvalue weighted by Gasteiger charge is 2.18. The fraction of sp³-hybridized carbons (Fsp3) is 0.353. The SMILES string of the molecule is C[C@@H]1CCc2nn(CC(=O)Nc3ccc(F)cc3)c(=O)cc2C1. The van der Waals surface area contributed by atoms with Crippen molar-refractivity contribution in [3.8, 4) is 0 Å². The Hall–Kier alpha value is -2.50. The topological polar surface area (TPSA) is 64.0 Å². The molecule has 1 N–H and O–H groups in total. The number of fused-ring (bicyclic) bond motifs is 1. The monoisotopic (exact) mass is 315 g/mol. The van der Waals surface area contributed by atoms with Gasteiger partial charge in [-0.1, -0.05) is 6.92 Å². The van der Waals surface area contributed by atoms with Crippen LogP contribution in [0, 0.1) is 11.7 Å². The second-order valence-electron chi connectivity index (χ2n) is 6.02. The van der Waals surface area contributed by atoms with Crippen molar-refractivity contribution in [2.75, 3.05) is 5.32 Å². The number of rotatable bonds is 3. The van der Waals surface area contributed by atoms with Gasteiger partial charge in [-0.3, -0.25) is 9.59 Å². The van der Waals surface area contributed by atoms with E-state index in [0.717, 1.165) is 30.5 Å². The number of aryl methyl sites for hydroxylation is 1. The molecule has 0 fully saturated rings. The Bertz CT molecular complexity index is 783. The van der Waals surface area contributed by atoms with Gasteiger partial charge in [-0.15, -0.1) is 0 Å². The van der Waals surface area contributed by atoms with Crippen LogP contribution in [0.25, 0.3) is 0 Å². The van der Waals surface area contributed by atoms with E-state index in [-0.39, 0.29) is 23.8 Å². The zero-order valence-electron chi connectivity index (χ0n) is 12.9. The second kappa shape index (κ2) is 6.32. The maximum Gasteiger partial charge on any atom is 0.267 e. The summed E-state index contributed by atoms with van der Waals surface area (Å²) in [6, 6.07) is 7.05. The van der Waals surface area contributed by atoms with Crippen molar-refractivity contribution < 1.29 is 9.18 Å². The molecule has 1 aromatic heterocycles. The quantitative estimate of drug-likeness (QED) is 0.944. The second-order valence-corrected chi connectivity index (χ2v) is 6.02. The van der Waals surface area contributed by atoms with Crippen molar-refractivity contribution in [2.45, 2.75) is 32.7 Å². The Morgan fingerprint density at radius 1 is 1.39 bits per heavy atom. The van der Waals surface area contributed by atoms with Crippen LogP contribution in [0.3, 0.4) is 0 Å². The number of nitrogens with one attached hydrogen (secondary N) is 1. The molecule has 1 heterocycles. The molecule has 0 spiro atoms. The Morgan fingerprint density at radius 2 is 2.13 bits per heavy atom. The predicted octanol–water partition coefficient (Wildman–Crippen LogP) is 2.15. The van der Waals surface area contributed by atoms with E-state index in [9.17, 15) is 14.0 Å². The Balaban J connectivity index is 1.73. The van der Waals surface area contributed by atoms with Crippen LogP contribution in [0.5, 0.6) is 0 Å². The number of aromatic nitrogens is 2. The first kappa shape index (κ1) is 15.4. The maximum atomic E-state index is 12.8. The zero-order chi connectivity index (χ0) is 16.4. The van der Waals surface area contributed by atoms with Gasteiger partial charge in [-0.25, -0.2) is 9.07 Å². The van der Waals surface area contributed by atoms with Gasteiger partial charge in [0.05, 0.1) is 5.69 Å². The van der Waals surface area contributed by atoms with Crippen LogP contribution in [-0.2, 0) is 24.2 Å². The molecule has 120 valence electrons. The fourth-order valence-corrected chi connectivity index (χ4v) is 2.80. The smallest absolute Gasteiger partial charge is 0.267 e. The van der Waals surface area contributed by atoms with Crippen molar-refractivity contribution in [1.29, 1.82) is 0 Å². The molecule has 1 aliphatic carbocycles. The van der Waals surface area contributed by atoms with Gasteiger partial charge in [0, 0.05) is 11.8 Å². The number of halogens is 1. The Kier molecular flexibility index (Phi) is 4.23. The minimum Gasteiger partial charge on any atom is -0.324 e. The molecule has 5 nitrogen and oxygen atoms in total. The first-order valence-electron chi connectivity index (χ1n) is 7.66. The summed E-state index contributed by atoms with van der Waals surface area (Å²) >= 11 is 0. The average Bonchev–Trinajstić information content (AvgIpc) is 2.50. The van der Waals surface area contributed by atoms with E-state index in [4.69, 9.17) is 0 Å². The van der Waals surface area contributed by atoms with Gasteiger partial charge in [0.2, 0.25) is 5.91 Å². The number of carbonyl (C=O) groups excluding carboxylic acids is 1. The number of hydrogen-bond donors (Lipinski definition) is 1. The number of hydrogen-bond acceptors (Lipinski definition) is 3. The summed E-state index contributed by atoms with van der Waals surface area (Å²) in [7, 11) is 0. The summed E-state index contributed by atoms with van der Waals surface area (Å²) in [6.07, 6.45) is 2.73. The van der Waals surface area contributed by atoms with E-state index in [0.29, 0.717) is 11.6 Å². The highest BCUT2D eigenvalue weighted by Crippen LogP contribution is 2.22. The van der Waals surface area contributed by atoms with Crippen molar-refractivity contribution in [3.05, 3.63) is 57.8 Å². The fourth-order valence-electron chi connectivity index (χ4n) is 2.80. The predicted molar refractivity (Wildman–Crippen MR) is 84.7 cm³/mol. The molecule has 0 unspecified atom stereocenters. The molecule has 3 rings (SSSR count). The van der Waals surface area contributed by atoms with Gasteiger partial charge in [-0.05, 0) is 55.0 Å². The molecule has 0 saturated carbocycles. The van der Waals surface area contributed by atoms with E-state index in [2.05, 4.69) is 17.3 Å². The molecule has 1 aliphatic rings. The molecule has 2 aromatic rings. The molecule has 0 aliphatic heterocycles. The first-order chi connectivity index (χ1) is 11.0. The van der Waals surface area contributed by atoms with E-state index in [1.807, 2.05) is 0 Å². The van der Waals surface area contributed by atoms with Crippen LogP contribution >= 0.6 is 0 Å². The van der Waals surface area contributed by atoms with Gasteiger partial charge in [-0.2, -0.15) is 5.10 Å². The normalized spacial score (nSPS) is 16.7. The number of benzene rings is 1. The average molecular weight is 315 g/mol. The lowest BCUT2D eigenvalue weighted by atomic mass is 9.88.